The Balaban J connectivity index is 1.39. The number of hydrogen-bond donors (Lipinski definition) is 2. The second-order valence-corrected chi connectivity index (χ2v) is 8.86. The summed E-state index contributed by atoms with van der Waals surface area (Å²) < 4.78 is 5.23. The van der Waals surface area contributed by atoms with Crippen LogP contribution >= 0.6 is 11.8 Å². The number of methoxy groups -OCH3 is 1. The molecule has 0 saturated carbocycles. The smallest absolute Gasteiger partial charge is 0.269 e. The fraction of sp³-hybridized carbons (Fsp3) is 0.391. The van der Waals surface area contributed by atoms with E-state index in [1.807, 2.05) is 18.2 Å². The van der Waals surface area contributed by atoms with Gasteiger partial charge in [0.2, 0.25) is 5.91 Å². The molecule has 0 aliphatic carbocycles. The van der Waals surface area contributed by atoms with E-state index in [0.29, 0.717) is 11.5 Å². The summed E-state index contributed by atoms with van der Waals surface area (Å²) in [7, 11) is 1.66. The van der Waals surface area contributed by atoms with Gasteiger partial charge in [-0.3, -0.25) is 25.3 Å². The predicted octanol–water partition coefficient (Wildman–Crippen LogP) is 3.06. The van der Waals surface area contributed by atoms with E-state index in [2.05, 4.69) is 27.9 Å². The number of thioether (sulfide) groups is 1. The number of ether oxygens (including phenoxy) is 1. The molecular weight excluding hydrogens is 398 g/mol. The average molecular weight is 426 g/mol. The number of fused-ring (bicyclic) bond motifs is 3. The van der Waals surface area contributed by atoms with Gasteiger partial charge < -0.3 is 4.74 Å². The Bertz CT molecular complexity index is 867. The summed E-state index contributed by atoms with van der Waals surface area (Å²) in [5, 5.41) is 0.119. The molecule has 2 bridgehead atoms. The number of hydrazine groups is 1. The summed E-state index contributed by atoms with van der Waals surface area (Å²) >= 11 is 1.81. The number of benzene rings is 2. The average Bonchev–Trinajstić information content (AvgIpc) is 2.82. The summed E-state index contributed by atoms with van der Waals surface area (Å²) in [4.78, 5) is 27.7. The maximum Gasteiger partial charge on any atom is 0.269 e. The van der Waals surface area contributed by atoms with Gasteiger partial charge >= 0.3 is 0 Å². The highest BCUT2D eigenvalue weighted by Gasteiger charge is 2.46. The van der Waals surface area contributed by atoms with E-state index in [9.17, 15) is 9.59 Å². The van der Waals surface area contributed by atoms with Crippen molar-refractivity contribution in [1.29, 1.82) is 0 Å². The Morgan fingerprint density at radius 1 is 1.03 bits per heavy atom. The number of carbonyl (C=O) groups excluding carboxylic acids is 2. The number of amides is 2. The minimum absolute atomic E-state index is 0.0964. The topological polar surface area (TPSA) is 70.7 Å². The summed E-state index contributed by atoms with van der Waals surface area (Å²) in [5.74, 6) is 1.51. The molecule has 2 atom stereocenters. The van der Waals surface area contributed by atoms with E-state index in [1.165, 1.54) is 5.56 Å². The molecule has 3 heterocycles. The van der Waals surface area contributed by atoms with Gasteiger partial charge in [-0.15, -0.1) is 11.8 Å². The van der Waals surface area contributed by atoms with Crippen molar-refractivity contribution in [2.24, 2.45) is 11.8 Å². The Morgan fingerprint density at radius 2 is 1.73 bits per heavy atom. The van der Waals surface area contributed by atoms with Crippen molar-refractivity contribution >= 4 is 23.6 Å². The second-order valence-electron chi connectivity index (χ2n) is 7.76. The molecule has 6 nitrogen and oxygen atoms in total. The molecule has 3 aliphatic rings. The quantitative estimate of drug-likeness (QED) is 0.696. The number of carbonyl (C=O) groups is 2. The fourth-order valence-corrected chi connectivity index (χ4v) is 5.84. The van der Waals surface area contributed by atoms with Crippen LogP contribution in [-0.4, -0.2) is 42.3 Å². The van der Waals surface area contributed by atoms with Crippen molar-refractivity contribution in [3.05, 3.63) is 65.7 Å². The van der Waals surface area contributed by atoms with Crippen molar-refractivity contribution in [1.82, 2.24) is 15.8 Å². The molecule has 3 aliphatic heterocycles. The highest BCUT2D eigenvalue weighted by Crippen LogP contribution is 2.42. The Labute approximate surface area is 181 Å². The van der Waals surface area contributed by atoms with Gasteiger partial charge in [-0.2, -0.15) is 0 Å². The summed E-state index contributed by atoms with van der Waals surface area (Å²) in [6, 6.07) is 17.0. The van der Waals surface area contributed by atoms with Crippen LogP contribution in [-0.2, 0) is 10.5 Å². The Morgan fingerprint density at radius 3 is 2.40 bits per heavy atom. The summed E-state index contributed by atoms with van der Waals surface area (Å²) in [6.07, 6.45) is 2.06. The zero-order valence-corrected chi connectivity index (χ0v) is 17.9. The number of nitrogens with zero attached hydrogens (tertiary/aromatic N) is 1. The van der Waals surface area contributed by atoms with Crippen LogP contribution in [0.25, 0.3) is 0 Å². The van der Waals surface area contributed by atoms with Crippen LogP contribution < -0.4 is 15.6 Å². The van der Waals surface area contributed by atoms with Crippen LogP contribution in [0.4, 0.5) is 0 Å². The van der Waals surface area contributed by atoms with E-state index in [0.717, 1.165) is 37.4 Å². The van der Waals surface area contributed by atoms with Crippen molar-refractivity contribution < 1.29 is 14.3 Å². The van der Waals surface area contributed by atoms with Crippen molar-refractivity contribution in [2.75, 3.05) is 20.2 Å². The molecule has 2 aromatic rings. The van der Waals surface area contributed by atoms with Crippen molar-refractivity contribution in [3.63, 3.8) is 0 Å². The zero-order chi connectivity index (χ0) is 20.9. The molecule has 2 aromatic carbocycles. The van der Waals surface area contributed by atoms with Crippen molar-refractivity contribution in [3.8, 4) is 5.75 Å². The monoisotopic (exact) mass is 425 g/mol. The third-order valence-electron chi connectivity index (χ3n) is 5.97. The predicted molar refractivity (Wildman–Crippen MR) is 118 cm³/mol. The lowest BCUT2D eigenvalue weighted by Gasteiger charge is -2.49. The lowest BCUT2D eigenvalue weighted by atomic mass is 9.78. The minimum Gasteiger partial charge on any atom is -0.497 e. The second kappa shape index (κ2) is 9.53. The first-order valence-corrected chi connectivity index (χ1v) is 11.3. The molecule has 0 unspecified atom stereocenters. The molecule has 0 spiro atoms. The molecule has 158 valence electrons. The van der Waals surface area contributed by atoms with Crippen LogP contribution in [0.2, 0.25) is 0 Å². The summed E-state index contributed by atoms with van der Waals surface area (Å²) in [6.45, 7) is 2.07. The van der Waals surface area contributed by atoms with Gasteiger partial charge in [0.1, 0.15) is 5.75 Å². The van der Waals surface area contributed by atoms with E-state index in [-0.39, 0.29) is 23.1 Å². The van der Waals surface area contributed by atoms with Crippen LogP contribution in [0.15, 0.2) is 54.6 Å². The number of nitrogens with one attached hydrogen (secondary N) is 2. The maximum atomic E-state index is 13.0. The molecular formula is C23H27N3O3S. The Hall–Kier alpha value is -2.51. The number of piperidine rings is 3. The van der Waals surface area contributed by atoms with Gasteiger partial charge in [-0.25, -0.2) is 0 Å². The van der Waals surface area contributed by atoms with Gasteiger partial charge in [-0.05, 0) is 61.7 Å². The molecule has 30 heavy (non-hydrogen) atoms. The summed E-state index contributed by atoms with van der Waals surface area (Å²) in [5.41, 5.74) is 7.00. The number of rotatable bonds is 6. The Kier molecular flexibility index (Phi) is 6.59. The van der Waals surface area contributed by atoms with E-state index < -0.39 is 0 Å². The lowest BCUT2D eigenvalue weighted by Crippen LogP contribution is -2.59. The maximum absolute atomic E-state index is 13.0. The van der Waals surface area contributed by atoms with Crippen LogP contribution in [0.1, 0.15) is 28.8 Å². The van der Waals surface area contributed by atoms with Crippen molar-refractivity contribution in [2.45, 2.75) is 24.0 Å². The first-order valence-electron chi connectivity index (χ1n) is 10.3. The first kappa shape index (κ1) is 20.8. The van der Waals surface area contributed by atoms with Gasteiger partial charge in [0.05, 0.1) is 18.4 Å². The largest absolute Gasteiger partial charge is 0.497 e. The van der Waals surface area contributed by atoms with Gasteiger partial charge in [0.25, 0.3) is 5.91 Å². The highest BCUT2D eigenvalue weighted by atomic mass is 32.2. The fourth-order valence-electron chi connectivity index (χ4n) is 4.31. The molecule has 2 N–H and O–H groups in total. The number of hydrogen-bond acceptors (Lipinski definition) is 5. The van der Waals surface area contributed by atoms with Gasteiger partial charge in [-0.1, -0.05) is 30.3 Å². The van der Waals surface area contributed by atoms with Gasteiger partial charge in [0, 0.05) is 11.3 Å². The lowest BCUT2D eigenvalue weighted by molar-refractivity contribution is -0.133. The molecule has 3 saturated heterocycles. The molecule has 2 amide bonds. The van der Waals surface area contributed by atoms with E-state index >= 15 is 0 Å². The van der Waals surface area contributed by atoms with Crippen LogP contribution in [0.5, 0.6) is 5.75 Å². The molecule has 0 radical (unpaired) electrons. The SMILES string of the molecule is COc1ccc(CS[C@H]2[C@@H](C(=O)NNC(=O)c3ccccc3)C3CCN2CC3)cc1. The third kappa shape index (κ3) is 4.63. The van der Waals surface area contributed by atoms with Crippen LogP contribution in [0.3, 0.4) is 0 Å². The zero-order valence-electron chi connectivity index (χ0n) is 17.0. The van der Waals surface area contributed by atoms with E-state index in [1.54, 1.807) is 43.1 Å². The third-order valence-corrected chi connectivity index (χ3v) is 7.40. The first-order chi connectivity index (χ1) is 14.7. The standard InChI is InChI=1S/C23H27N3O3S/c1-29-19-9-7-16(8-10-19)15-30-23-20(17-11-13-26(23)14-12-17)22(28)25-24-21(27)18-5-3-2-4-6-18/h2-10,17,20,23H,11-15H2,1H3,(H,24,27)(H,25,28)/t20-,23+/m1/s1. The molecule has 7 heteroatoms. The normalized spacial score (nSPS) is 24.8. The highest BCUT2D eigenvalue weighted by molar-refractivity contribution is 7.99. The molecule has 5 rings (SSSR count). The van der Waals surface area contributed by atoms with E-state index in [4.69, 9.17) is 4.74 Å². The van der Waals surface area contributed by atoms with Gasteiger partial charge in [0.15, 0.2) is 0 Å². The van der Waals surface area contributed by atoms with Crippen LogP contribution in [0, 0.1) is 11.8 Å². The minimum atomic E-state index is -0.298. The molecule has 0 aromatic heterocycles. The molecule has 3 fully saturated rings.